The average Bonchev–Trinajstić information content (AvgIpc) is 3.27. The summed E-state index contributed by atoms with van der Waals surface area (Å²) < 4.78 is 49.2. The smallest absolute Gasteiger partial charge is 0.191 e. The highest BCUT2D eigenvalue weighted by Crippen LogP contribution is 2.19. The maximum atomic E-state index is 13.2. The Morgan fingerprint density at radius 3 is 2.56 bits per heavy atom. The molecule has 1 aromatic carbocycles. The molecule has 140 valence electrons. The summed E-state index contributed by atoms with van der Waals surface area (Å²) in [6.07, 6.45) is 2.81. The maximum absolute atomic E-state index is 13.2. The van der Waals surface area contributed by atoms with E-state index in [9.17, 15) is 17.2 Å². The molecule has 0 bridgehead atoms. The van der Waals surface area contributed by atoms with Gasteiger partial charge in [-0.25, -0.2) is 22.2 Å². The third-order valence-electron chi connectivity index (χ3n) is 4.21. The van der Waals surface area contributed by atoms with Gasteiger partial charge in [0.15, 0.2) is 27.4 Å². The van der Waals surface area contributed by atoms with Crippen LogP contribution in [0.1, 0.15) is 24.8 Å². The van der Waals surface area contributed by atoms with E-state index in [1.165, 1.54) is 6.07 Å². The van der Waals surface area contributed by atoms with Crippen LogP contribution < -0.4 is 10.6 Å². The number of aliphatic imine (C=N–C) groups is 1. The summed E-state index contributed by atoms with van der Waals surface area (Å²) in [5.74, 6) is -0.629. The minimum Gasteiger partial charge on any atom is -0.356 e. The van der Waals surface area contributed by atoms with Crippen LogP contribution in [0.25, 0.3) is 0 Å². The number of sulfone groups is 1. The highest BCUT2D eigenvalue weighted by atomic mass is 127. The first-order valence-electron chi connectivity index (χ1n) is 8.10. The van der Waals surface area contributed by atoms with Crippen LogP contribution in [0.3, 0.4) is 0 Å². The van der Waals surface area contributed by atoms with Gasteiger partial charge in [0, 0.05) is 12.6 Å². The van der Waals surface area contributed by atoms with Crippen LogP contribution in [0, 0.1) is 17.6 Å². The molecule has 2 aliphatic rings. The van der Waals surface area contributed by atoms with Gasteiger partial charge in [0.25, 0.3) is 0 Å². The molecule has 1 aliphatic carbocycles. The summed E-state index contributed by atoms with van der Waals surface area (Å²) in [4.78, 5) is 4.40. The topological polar surface area (TPSA) is 70.6 Å². The van der Waals surface area contributed by atoms with Crippen molar-refractivity contribution in [1.82, 2.24) is 10.6 Å². The Morgan fingerprint density at radius 1 is 1.20 bits per heavy atom. The van der Waals surface area contributed by atoms with Gasteiger partial charge in [-0.1, -0.05) is 6.07 Å². The molecule has 0 radical (unpaired) electrons. The molecule has 5 nitrogen and oxygen atoms in total. The lowest BCUT2D eigenvalue weighted by Crippen LogP contribution is -2.41. The third-order valence-corrected chi connectivity index (χ3v) is 6.04. The summed E-state index contributed by atoms with van der Waals surface area (Å²) in [6.45, 7) is 0.762. The third kappa shape index (κ3) is 6.36. The molecule has 0 spiro atoms. The van der Waals surface area contributed by atoms with Crippen LogP contribution in [-0.4, -0.2) is 38.5 Å². The predicted octanol–water partition coefficient (Wildman–Crippen LogP) is 2.22. The molecule has 25 heavy (non-hydrogen) atoms. The zero-order valence-electron chi connectivity index (χ0n) is 13.7. The van der Waals surface area contributed by atoms with E-state index >= 15 is 0 Å². The Morgan fingerprint density at radius 2 is 1.96 bits per heavy atom. The summed E-state index contributed by atoms with van der Waals surface area (Å²) in [5.41, 5.74) is 0.578. The second kappa shape index (κ2) is 8.61. The van der Waals surface area contributed by atoms with Crippen molar-refractivity contribution in [2.45, 2.75) is 31.8 Å². The minimum atomic E-state index is -2.90. The van der Waals surface area contributed by atoms with Crippen LogP contribution in [-0.2, 0) is 16.4 Å². The second-order valence-corrected chi connectivity index (χ2v) is 8.71. The first kappa shape index (κ1) is 20.3. The number of guanidine groups is 1. The zero-order chi connectivity index (χ0) is 17.2. The molecule has 3 rings (SSSR count). The van der Waals surface area contributed by atoms with Gasteiger partial charge in [-0.15, -0.1) is 24.0 Å². The lowest BCUT2D eigenvalue weighted by molar-refractivity contribution is 0.507. The summed E-state index contributed by atoms with van der Waals surface area (Å²) in [6, 6.07) is 4.11. The lowest BCUT2D eigenvalue weighted by Gasteiger charge is -2.15. The fourth-order valence-electron chi connectivity index (χ4n) is 2.66. The van der Waals surface area contributed by atoms with Gasteiger partial charge in [-0.2, -0.15) is 0 Å². The quantitative estimate of drug-likeness (QED) is 0.382. The summed E-state index contributed by atoms with van der Waals surface area (Å²) in [7, 11) is -2.90. The predicted molar refractivity (Wildman–Crippen MR) is 104 cm³/mol. The van der Waals surface area contributed by atoms with Crippen molar-refractivity contribution < 1.29 is 17.2 Å². The number of rotatable bonds is 5. The maximum Gasteiger partial charge on any atom is 0.191 e. The molecule has 2 N–H and O–H groups in total. The van der Waals surface area contributed by atoms with Crippen molar-refractivity contribution in [3.05, 3.63) is 35.4 Å². The molecule has 0 amide bonds. The van der Waals surface area contributed by atoms with E-state index in [1.54, 1.807) is 0 Å². The number of nitrogens with zero attached hydrogens (tertiary/aromatic N) is 1. The Bertz CT molecular complexity index is 739. The molecule has 1 saturated heterocycles. The van der Waals surface area contributed by atoms with Crippen molar-refractivity contribution >= 4 is 39.8 Å². The van der Waals surface area contributed by atoms with Crippen LogP contribution in [0.5, 0.6) is 0 Å². The molecule has 1 heterocycles. The standard InChI is InChI=1S/C16H21F2N3O2S.HI/c17-14-4-1-11(7-15(14)18)8-19-16(21-13-2-3-13)20-9-12-5-6-24(22,23)10-12;/h1,4,7,12-13H,2-3,5-6,8-10H2,(H2,19,20,21);1H. The first-order valence-corrected chi connectivity index (χ1v) is 9.92. The lowest BCUT2D eigenvalue weighted by atomic mass is 10.1. The van der Waals surface area contributed by atoms with Gasteiger partial charge in [-0.3, -0.25) is 0 Å². The van der Waals surface area contributed by atoms with Gasteiger partial charge < -0.3 is 10.6 Å². The monoisotopic (exact) mass is 485 g/mol. The molecule has 1 unspecified atom stereocenters. The highest BCUT2D eigenvalue weighted by molar-refractivity contribution is 14.0. The Balaban J connectivity index is 0.00000225. The molecular formula is C16H22F2IN3O2S. The van der Waals surface area contributed by atoms with E-state index in [2.05, 4.69) is 15.6 Å². The van der Waals surface area contributed by atoms with Crippen molar-refractivity contribution in [3.63, 3.8) is 0 Å². The number of nitrogens with one attached hydrogen (secondary N) is 2. The molecule has 2 fully saturated rings. The van der Waals surface area contributed by atoms with E-state index in [1.807, 2.05) is 0 Å². The number of hydrogen-bond donors (Lipinski definition) is 2. The van der Waals surface area contributed by atoms with Crippen molar-refractivity contribution in [2.24, 2.45) is 10.9 Å². The van der Waals surface area contributed by atoms with Gasteiger partial charge in [0.1, 0.15) is 0 Å². The minimum absolute atomic E-state index is 0. The molecule has 9 heteroatoms. The highest BCUT2D eigenvalue weighted by Gasteiger charge is 2.28. The van der Waals surface area contributed by atoms with Crippen molar-refractivity contribution in [2.75, 3.05) is 18.1 Å². The fraction of sp³-hybridized carbons (Fsp3) is 0.562. The number of hydrogen-bond acceptors (Lipinski definition) is 3. The van der Waals surface area contributed by atoms with Crippen LogP contribution >= 0.6 is 24.0 Å². The normalized spacial score (nSPS) is 22.3. The van der Waals surface area contributed by atoms with Gasteiger partial charge in [0.05, 0.1) is 18.1 Å². The first-order chi connectivity index (χ1) is 11.4. The van der Waals surface area contributed by atoms with Crippen molar-refractivity contribution in [3.8, 4) is 0 Å². The van der Waals surface area contributed by atoms with Gasteiger partial charge in [0.2, 0.25) is 0 Å². The van der Waals surface area contributed by atoms with E-state index in [4.69, 9.17) is 0 Å². The van der Waals surface area contributed by atoms with Crippen LogP contribution in [0.4, 0.5) is 8.78 Å². The van der Waals surface area contributed by atoms with Crippen LogP contribution in [0.2, 0.25) is 0 Å². The van der Waals surface area contributed by atoms with Gasteiger partial charge in [-0.05, 0) is 42.9 Å². The largest absolute Gasteiger partial charge is 0.356 e. The molecule has 1 aromatic rings. The zero-order valence-corrected chi connectivity index (χ0v) is 16.8. The SMILES string of the molecule is I.O=S1(=O)CCC(CNC(=NCc2ccc(F)c(F)c2)NC2CC2)C1. The molecule has 1 aliphatic heterocycles. The van der Waals surface area contributed by atoms with Crippen molar-refractivity contribution in [1.29, 1.82) is 0 Å². The van der Waals surface area contributed by atoms with E-state index in [-0.39, 0.29) is 47.9 Å². The fourth-order valence-corrected chi connectivity index (χ4v) is 4.52. The van der Waals surface area contributed by atoms with E-state index < -0.39 is 21.5 Å². The Hall–Kier alpha value is -0.970. The van der Waals surface area contributed by atoms with E-state index in [0.29, 0.717) is 30.5 Å². The Kier molecular flexibility index (Phi) is 7.01. The second-order valence-electron chi connectivity index (χ2n) is 6.48. The summed E-state index contributed by atoms with van der Waals surface area (Å²) >= 11 is 0. The molecular weight excluding hydrogens is 463 g/mol. The van der Waals surface area contributed by atoms with Crippen LogP contribution in [0.15, 0.2) is 23.2 Å². The molecule has 0 aromatic heterocycles. The number of halogens is 3. The Labute approximate surface area is 163 Å². The molecule has 1 saturated carbocycles. The number of benzene rings is 1. The average molecular weight is 485 g/mol. The van der Waals surface area contributed by atoms with E-state index in [0.717, 1.165) is 25.0 Å². The summed E-state index contributed by atoms with van der Waals surface area (Å²) in [5, 5.41) is 6.43. The molecule has 1 atom stereocenters. The van der Waals surface area contributed by atoms with Gasteiger partial charge >= 0.3 is 0 Å².